The Morgan fingerprint density at radius 2 is 1.75 bits per heavy atom. The van der Waals surface area contributed by atoms with Crippen molar-refractivity contribution >= 4 is 25.9 Å². The number of nitriles is 1. The van der Waals surface area contributed by atoms with Crippen molar-refractivity contribution in [2.24, 2.45) is 0 Å². The number of phenols is 1. The molecular weight excluding hydrogens is 506 g/mol. The average molecular weight is 536 g/mol. The number of rotatable bonds is 4. The predicted octanol–water partition coefficient (Wildman–Crippen LogP) is 2.00. The minimum atomic E-state index is -4.02. The molecule has 0 unspecified atom stereocenters. The molecule has 0 aliphatic carbocycles. The number of carbonyl (C=O) groups excluding carboxylic acids is 1. The van der Waals surface area contributed by atoms with Crippen molar-refractivity contribution in [3.8, 4) is 11.8 Å². The molecule has 36 heavy (non-hydrogen) atoms. The third kappa shape index (κ3) is 6.61. The summed E-state index contributed by atoms with van der Waals surface area (Å²) >= 11 is 0. The van der Waals surface area contributed by atoms with E-state index in [1.165, 1.54) is 30.3 Å². The maximum Gasteiger partial charge on any atom is 0.294 e. The molecule has 3 atom stereocenters. The summed E-state index contributed by atoms with van der Waals surface area (Å²) < 4.78 is 53.0. The van der Waals surface area contributed by atoms with Crippen LogP contribution in [0.3, 0.4) is 0 Å². The van der Waals surface area contributed by atoms with Crippen molar-refractivity contribution in [2.75, 3.05) is 19.3 Å². The Hall–Kier alpha value is -2.98. The third-order valence-corrected chi connectivity index (χ3v) is 8.28. The summed E-state index contributed by atoms with van der Waals surface area (Å²) in [4.78, 5) is 14.4. The van der Waals surface area contributed by atoms with Gasteiger partial charge in [-0.3, -0.25) is 9.35 Å². The molecule has 0 bridgehead atoms. The summed E-state index contributed by atoms with van der Waals surface area (Å²) in [5.74, 6) is -0.215. The summed E-state index contributed by atoms with van der Waals surface area (Å²) in [6.45, 7) is 2.91. The molecule has 2 saturated heterocycles. The van der Waals surface area contributed by atoms with Gasteiger partial charge in [0.05, 0.1) is 21.9 Å². The summed E-state index contributed by atoms with van der Waals surface area (Å²) in [7, 11) is -7.39. The quantitative estimate of drug-likeness (QED) is 0.497. The molecule has 3 N–H and O–H groups in total. The second-order valence-corrected chi connectivity index (χ2v) is 12.4. The smallest absolute Gasteiger partial charge is 0.294 e. The largest absolute Gasteiger partial charge is 0.508 e. The lowest BCUT2D eigenvalue weighted by molar-refractivity contribution is -0.133. The molecule has 2 fully saturated rings. The van der Waals surface area contributed by atoms with Crippen LogP contribution in [0.4, 0.5) is 0 Å². The molecule has 0 radical (unpaired) electrons. The zero-order valence-corrected chi connectivity index (χ0v) is 21.6. The lowest BCUT2D eigenvalue weighted by atomic mass is 9.95. The van der Waals surface area contributed by atoms with Gasteiger partial charge in [0.2, 0.25) is 5.91 Å². The number of sulfone groups is 1. The minimum Gasteiger partial charge on any atom is -0.508 e. The maximum absolute atomic E-state index is 12.7. The van der Waals surface area contributed by atoms with E-state index < -0.39 is 26.0 Å². The highest BCUT2D eigenvalue weighted by molar-refractivity contribution is 7.90. The fraction of sp³-hybridized carbons (Fsp3) is 0.417. The normalized spacial score (nSPS) is 21.9. The molecule has 0 saturated carbocycles. The molecule has 1 amide bonds. The minimum absolute atomic E-state index is 0.0309. The molecule has 2 heterocycles. The van der Waals surface area contributed by atoms with E-state index in [0.717, 1.165) is 18.2 Å². The van der Waals surface area contributed by atoms with Crippen LogP contribution in [0.5, 0.6) is 5.75 Å². The van der Waals surface area contributed by atoms with Crippen LogP contribution in [0, 0.1) is 18.3 Å². The fourth-order valence-electron chi connectivity index (χ4n) is 4.33. The van der Waals surface area contributed by atoms with Gasteiger partial charge >= 0.3 is 0 Å². The molecule has 2 aromatic rings. The number of hydrogen-bond donors (Lipinski definition) is 3. The first kappa shape index (κ1) is 27.6. The van der Waals surface area contributed by atoms with Crippen LogP contribution >= 0.6 is 0 Å². The van der Waals surface area contributed by atoms with Gasteiger partial charge in [-0.15, -0.1) is 0 Å². The number of amides is 1. The van der Waals surface area contributed by atoms with E-state index in [2.05, 4.69) is 11.4 Å². The monoisotopic (exact) mass is 535 g/mol. The van der Waals surface area contributed by atoms with E-state index in [0.29, 0.717) is 31.5 Å². The Morgan fingerprint density at radius 1 is 1.11 bits per heavy atom. The van der Waals surface area contributed by atoms with Gasteiger partial charge in [0, 0.05) is 25.3 Å². The first-order valence-electron chi connectivity index (χ1n) is 11.3. The van der Waals surface area contributed by atoms with Crippen LogP contribution in [0.25, 0.3) is 0 Å². The molecule has 2 aromatic carbocycles. The van der Waals surface area contributed by atoms with Crippen LogP contribution < -0.4 is 5.32 Å². The van der Waals surface area contributed by atoms with E-state index in [-0.39, 0.29) is 33.4 Å². The summed E-state index contributed by atoms with van der Waals surface area (Å²) in [6.07, 6.45) is 3.12. The molecule has 2 aliphatic heterocycles. The topological polar surface area (TPSA) is 165 Å². The molecule has 4 rings (SSSR count). The molecule has 12 heteroatoms. The molecule has 2 aliphatic rings. The molecule has 0 spiro atoms. The van der Waals surface area contributed by atoms with Crippen molar-refractivity contribution in [3.63, 3.8) is 0 Å². The van der Waals surface area contributed by atoms with E-state index in [1.54, 1.807) is 17.0 Å². The number of nitrogens with zero attached hydrogens (tertiary/aromatic N) is 2. The Kier molecular flexibility index (Phi) is 8.40. The Balaban J connectivity index is 0.000000275. The number of likely N-dealkylation sites (tertiary alicyclic amines) is 1. The standard InChI is InChI=1S/C17H21N3O4S.C7H8O3S/c1-25(23,24)13-4-5-16(21)14(8-13)11-7-15(19-10-11)17(22)20-6-2-3-12(20)9-18;1-6-2-4-7(5-3-6)11(8,9)10/h4-5,8,11-12,15,19,21H,2-3,6-7,10H2,1H3;2-5H,1H3,(H,8,9,10)/t11-,12-,15-;/m0./s1. The maximum atomic E-state index is 12.7. The fourth-order valence-corrected chi connectivity index (χ4v) is 5.46. The highest BCUT2D eigenvalue weighted by atomic mass is 32.2. The number of aromatic hydroxyl groups is 1. The van der Waals surface area contributed by atoms with Crippen LogP contribution in [-0.4, -0.2) is 68.7 Å². The van der Waals surface area contributed by atoms with Gasteiger partial charge in [-0.2, -0.15) is 13.7 Å². The number of hydrogen-bond acceptors (Lipinski definition) is 8. The van der Waals surface area contributed by atoms with Crippen molar-refractivity contribution in [1.29, 1.82) is 5.26 Å². The van der Waals surface area contributed by atoms with E-state index in [9.17, 15) is 26.7 Å². The number of carbonyl (C=O) groups is 1. The van der Waals surface area contributed by atoms with Gasteiger partial charge in [0.15, 0.2) is 9.84 Å². The molecule has 0 aromatic heterocycles. The number of aryl methyl sites for hydroxylation is 1. The third-order valence-electron chi connectivity index (χ3n) is 6.30. The summed E-state index contributed by atoms with van der Waals surface area (Å²) in [5.41, 5.74) is 1.49. The van der Waals surface area contributed by atoms with Gasteiger partial charge in [0.1, 0.15) is 11.8 Å². The van der Waals surface area contributed by atoms with Crippen molar-refractivity contribution in [2.45, 2.75) is 54.0 Å². The van der Waals surface area contributed by atoms with Crippen LogP contribution in [0.1, 0.15) is 36.3 Å². The van der Waals surface area contributed by atoms with Gasteiger partial charge in [-0.1, -0.05) is 17.7 Å². The Labute approximate surface area is 211 Å². The SMILES string of the molecule is CS(=O)(=O)c1ccc(O)c([C@@H]2CN[C@H](C(=O)N3CCC[C@H]3C#N)C2)c1.Cc1ccc(S(=O)(=O)O)cc1. The van der Waals surface area contributed by atoms with Gasteiger partial charge in [0.25, 0.3) is 10.1 Å². The van der Waals surface area contributed by atoms with Gasteiger partial charge < -0.3 is 15.3 Å². The summed E-state index contributed by atoms with van der Waals surface area (Å²) in [5, 5.41) is 22.4. The number of phenolic OH excluding ortho intramolecular Hbond substituents is 1. The van der Waals surface area contributed by atoms with E-state index in [1.807, 2.05) is 6.92 Å². The van der Waals surface area contributed by atoms with Crippen molar-refractivity contribution in [1.82, 2.24) is 10.2 Å². The van der Waals surface area contributed by atoms with Crippen LogP contribution in [0.15, 0.2) is 52.3 Å². The van der Waals surface area contributed by atoms with Crippen LogP contribution in [-0.2, 0) is 24.7 Å². The van der Waals surface area contributed by atoms with Gasteiger partial charge in [-0.25, -0.2) is 8.42 Å². The first-order chi connectivity index (χ1) is 16.8. The number of benzene rings is 2. The Morgan fingerprint density at radius 3 is 2.33 bits per heavy atom. The average Bonchev–Trinajstić information content (AvgIpc) is 3.48. The Bertz CT molecular complexity index is 1370. The lowest BCUT2D eigenvalue weighted by Gasteiger charge is -2.23. The highest BCUT2D eigenvalue weighted by Crippen LogP contribution is 2.34. The van der Waals surface area contributed by atoms with Gasteiger partial charge in [-0.05, 0) is 62.1 Å². The number of nitrogens with one attached hydrogen (secondary N) is 1. The van der Waals surface area contributed by atoms with Crippen LogP contribution in [0.2, 0.25) is 0 Å². The zero-order valence-electron chi connectivity index (χ0n) is 20.0. The molecular formula is C24H29N3O7S2. The van der Waals surface area contributed by atoms with Crippen molar-refractivity contribution < 1.29 is 31.3 Å². The van der Waals surface area contributed by atoms with E-state index >= 15 is 0 Å². The second-order valence-electron chi connectivity index (χ2n) is 8.99. The van der Waals surface area contributed by atoms with Crippen molar-refractivity contribution in [3.05, 3.63) is 53.6 Å². The lowest BCUT2D eigenvalue weighted by Crippen LogP contribution is -2.45. The summed E-state index contributed by atoms with van der Waals surface area (Å²) in [6, 6.07) is 11.6. The predicted molar refractivity (Wildman–Crippen MR) is 132 cm³/mol. The zero-order chi connectivity index (χ0) is 26.7. The van der Waals surface area contributed by atoms with E-state index in [4.69, 9.17) is 9.81 Å². The first-order valence-corrected chi connectivity index (χ1v) is 14.6. The highest BCUT2D eigenvalue weighted by Gasteiger charge is 2.38. The molecule has 10 nitrogen and oxygen atoms in total. The second kappa shape index (κ2) is 11.0. The molecule has 194 valence electrons.